The van der Waals surface area contributed by atoms with Crippen molar-refractivity contribution in [1.82, 2.24) is 4.98 Å². The van der Waals surface area contributed by atoms with Crippen molar-refractivity contribution >= 4 is 23.4 Å². The van der Waals surface area contributed by atoms with E-state index >= 15 is 0 Å². The number of pyridine rings is 1. The molecule has 2 N–H and O–H groups in total. The van der Waals surface area contributed by atoms with Gasteiger partial charge >= 0.3 is 5.97 Å². The summed E-state index contributed by atoms with van der Waals surface area (Å²) in [5.41, 5.74) is 0.654. The summed E-state index contributed by atoms with van der Waals surface area (Å²) < 4.78 is 0. The first kappa shape index (κ1) is 14.3. The molecular weight excluding hydrogens is 258 g/mol. The largest absolute Gasteiger partial charge is 0.481 e. The highest BCUT2D eigenvalue weighted by Gasteiger charge is 2.34. The number of hydrogen-bond donors (Lipinski definition) is 2. The summed E-state index contributed by atoms with van der Waals surface area (Å²) in [6.45, 7) is 0. The van der Waals surface area contributed by atoms with Crippen LogP contribution in [-0.2, 0) is 9.59 Å². The van der Waals surface area contributed by atoms with E-state index in [-0.39, 0.29) is 11.8 Å². The molecule has 1 heterocycles. The highest BCUT2D eigenvalue weighted by atomic mass is 16.4. The Morgan fingerprint density at radius 3 is 2.65 bits per heavy atom. The number of carboxylic acids is 1. The maximum absolute atomic E-state index is 12.2. The normalized spacial score (nSPS) is 21.5. The molecule has 1 aliphatic rings. The Hall–Kier alpha value is -2.11. The van der Waals surface area contributed by atoms with Crippen LogP contribution in [0.2, 0.25) is 0 Å². The maximum atomic E-state index is 12.2. The first-order chi connectivity index (χ1) is 9.49. The van der Waals surface area contributed by atoms with Gasteiger partial charge in [0.25, 0.3) is 0 Å². The predicted octanol–water partition coefficient (Wildman–Crippen LogP) is 1.59. The first-order valence-electron chi connectivity index (χ1n) is 6.65. The van der Waals surface area contributed by atoms with Gasteiger partial charge in [-0.3, -0.25) is 9.59 Å². The summed E-state index contributed by atoms with van der Waals surface area (Å²) in [6.07, 6.45) is 3.28. The third-order valence-corrected chi connectivity index (χ3v) is 3.62. The van der Waals surface area contributed by atoms with Crippen molar-refractivity contribution in [1.29, 1.82) is 0 Å². The molecule has 2 atom stereocenters. The van der Waals surface area contributed by atoms with Gasteiger partial charge in [0.05, 0.1) is 11.6 Å². The van der Waals surface area contributed by atoms with Gasteiger partial charge in [-0.1, -0.05) is 0 Å². The van der Waals surface area contributed by atoms with Gasteiger partial charge in [-0.2, -0.15) is 0 Å². The molecule has 1 fully saturated rings. The van der Waals surface area contributed by atoms with E-state index in [1.165, 1.54) is 0 Å². The Labute approximate surface area is 117 Å². The second-order valence-electron chi connectivity index (χ2n) is 5.30. The van der Waals surface area contributed by atoms with E-state index in [0.29, 0.717) is 30.8 Å². The van der Waals surface area contributed by atoms with Crippen LogP contribution >= 0.6 is 0 Å². The van der Waals surface area contributed by atoms with Gasteiger partial charge in [-0.05, 0) is 31.4 Å². The summed E-state index contributed by atoms with van der Waals surface area (Å²) >= 11 is 0. The highest BCUT2D eigenvalue weighted by molar-refractivity contribution is 5.95. The molecule has 1 saturated carbocycles. The number of aliphatic carboxylic acids is 1. The molecule has 1 aromatic rings. The summed E-state index contributed by atoms with van der Waals surface area (Å²) in [5, 5.41) is 11.8. The molecule has 0 bridgehead atoms. The Kier molecular flexibility index (Phi) is 4.22. The fraction of sp³-hybridized carbons (Fsp3) is 0.500. The molecule has 0 aliphatic heterocycles. The molecule has 1 aliphatic carbocycles. The molecule has 0 spiro atoms. The zero-order valence-corrected chi connectivity index (χ0v) is 11.7. The minimum absolute atomic E-state index is 0.121. The van der Waals surface area contributed by atoms with Crippen molar-refractivity contribution in [2.45, 2.75) is 19.3 Å². The summed E-state index contributed by atoms with van der Waals surface area (Å²) in [6, 6.07) is 3.56. The van der Waals surface area contributed by atoms with Gasteiger partial charge in [0.15, 0.2) is 5.82 Å². The number of nitrogens with zero attached hydrogens (tertiary/aromatic N) is 2. The first-order valence-corrected chi connectivity index (χ1v) is 6.65. The molecule has 1 aromatic heterocycles. The van der Waals surface area contributed by atoms with Crippen LogP contribution in [0.5, 0.6) is 0 Å². The Bertz CT molecular complexity index is 516. The fourth-order valence-corrected chi connectivity index (χ4v) is 2.53. The van der Waals surface area contributed by atoms with Crippen LogP contribution in [0.3, 0.4) is 0 Å². The minimum atomic E-state index is -0.810. The number of carboxylic acid groups (broad SMARTS) is 1. The summed E-state index contributed by atoms with van der Waals surface area (Å²) in [7, 11) is 3.71. The Balaban J connectivity index is 2.04. The quantitative estimate of drug-likeness (QED) is 0.873. The maximum Gasteiger partial charge on any atom is 0.306 e. The molecule has 0 aromatic carbocycles. The SMILES string of the molecule is CN(C)c1ncccc1NC(=O)C1CCC(C(=O)O)C1. The number of carbonyl (C=O) groups is 2. The fourth-order valence-electron chi connectivity index (χ4n) is 2.53. The lowest BCUT2D eigenvalue weighted by Crippen LogP contribution is -2.23. The lowest BCUT2D eigenvalue weighted by atomic mass is 10.0. The van der Waals surface area contributed by atoms with Crippen molar-refractivity contribution in [3.8, 4) is 0 Å². The lowest BCUT2D eigenvalue weighted by molar-refractivity contribution is -0.141. The van der Waals surface area contributed by atoms with Crippen LogP contribution in [-0.4, -0.2) is 36.1 Å². The molecule has 0 saturated heterocycles. The minimum Gasteiger partial charge on any atom is -0.481 e. The molecule has 0 radical (unpaired) electrons. The number of amides is 1. The van der Waals surface area contributed by atoms with Crippen LogP contribution in [0.4, 0.5) is 11.5 Å². The van der Waals surface area contributed by atoms with Crippen molar-refractivity contribution in [2.75, 3.05) is 24.3 Å². The van der Waals surface area contributed by atoms with Gasteiger partial charge in [0.1, 0.15) is 0 Å². The van der Waals surface area contributed by atoms with E-state index in [9.17, 15) is 9.59 Å². The molecule has 2 unspecified atom stereocenters. The number of rotatable bonds is 4. The van der Waals surface area contributed by atoms with Gasteiger partial charge < -0.3 is 15.3 Å². The third kappa shape index (κ3) is 3.07. The smallest absolute Gasteiger partial charge is 0.306 e. The highest BCUT2D eigenvalue weighted by Crippen LogP contribution is 2.32. The molecule has 6 nitrogen and oxygen atoms in total. The summed E-state index contributed by atoms with van der Waals surface area (Å²) in [4.78, 5) is 29.2. The van der Waals surface area contributed by atoms with Crippen LogP contribution in [0.15, 0.2) is 18.3 Å². The second-order valence-corrected chi connectivity index (χ2v) is 5.30. The Morgan fingerprint density at radius 2 is 2.05 bits per heavy atom. The lowest BCUT2D eigenvalue weighted by Gasteiger charge is -2.17. The molecule has 2 rings (SSSR count). The number of nitrogens with one attached hydrogen (secondary N) is 1. The molecular formula is C14H19N3O3. The van der Waals surface area contributed by atoms with Gasteiger partial charge in [-0.15, -0.1) is 0 Å². The number of aromatic nitrogens is 1. The van der Waals surface area contributed by atoms with Crippen molar-refractivity contribution in [2.24, 2.45) is 11.8 Å². The molecule has 20 heavy (non-hydrogen) atoms. The number of hydrogen-bond acceptors (Lipinski definition) is 4. The molecule has 108 valence electrons. The van der Waals surface area contributed by atoms with Crippen LogP contribution in [0.25, 0.3) is 0 Å². The van der Waals surface area contributed by atoms with E-state index < -0.39 is 11.9 Å². The Morgan fingerprint density at radius 1 is 1.35 bits per heavy atom. The summed E-state index contributed by atoms with van der Waals surface area (Å²) in [5.74, 6) is -0.867. The standard InChI is InChI=1S/C14H19N3O3/c1-17(2)12-11(4-3-7-15-12)16-13(18)9-5-6-10(8-9)14(19)20/h3-4,7,9-10H,5-6,8H2,1-2H3,(H,16,18)(H,19,20). The van der Waals surface area contributed by atoms with Crippen molar-refractivity contribution < 1.29 is 14.7 Å². The monoisotopic (exact) mass is 277 g/mol. The van der Waals surface area contributed by atoms with E-state index in [4.69, 9.17) is 5.11 Å². The zero-order valence-electron chi connectivity index (χ0n) is 11.7. The van der Waals surface area contributed by atoms with Gasteiger partial charge in [0, 0.05) is 26.2 Å². The topological polar surface area (TPSA) is 82.5 Å². The van der Waals surface area contributed by atoms with E-state index in [1.807, 2.05) is 19.0 Å². The van der Waals surface area contributed by atoms with E-state index in [1.54, 1.807) is 18.3 Å². The zero-order chi connectivity index (χ0) is 14.7. The molecule has 1 amide bonds. The second kappa shape index (κ2) is 5.90. The molecule has 6 heteroatoms. The van der Waals surface area contributed by atoms with Gasteiger partial charge in [0.2, 0.25) is 5.91 Å². The van der Waals surface area contributed by atoms with Crippen LogP contribution < -0.4 is 10.2 Å². The average Bonchev–Trinajstić information content (AvgIpc) is 2.89. The number of carbonyl (C=O) groups excluding carboxylic acids is 1. The van der Waals surface area contributed by atoms with E-state index in [0.717, 1.165) is 0 Å². The van der Waals surface area contributed by atoms with E-state index in [2.05, 4.69) is 10.3 Å². The third-order valence-electron chi connectivity index (χ3n) is 3.62. The number of anilines is 2. The van der Waals surface area contributed by atoms with Crippen molar-refractivity contribution in [3.05, 3.63) is 18.3 Å². The van der Waals surface area contributed by atoms with Gasteiger partial charge in [-0.25, -0.2) is 4.98 Å². The van der Waals surface area contributed by atoms with Crippen LogP contribution in [0, 0.1) is 11.8 Å². The van der Waals surface area contributed by atoms with Crippen molar-refractivity contribution in [3.63, 3.8) is 0 Å². The average molecular weight is 277 g/mol. The predicted molar refractivity (Wildman–Crippen MR) is 75.7 cm³/mol. The van der Waals surface area contributed by atoms with Crippen LogP contribution in [0.1, 0.15) is 19.3 Å².